The van der Waals surface area contributed by atoms with Crippen LogP contribution in [0.3, 0.4) is 0 Å². The zero-order valence-corrected chi connectivity index (χ0v) is 10.8. The monoisotopic (exact) mass is 266 g/mol. The lowest BCUT2D eigenvalue weighted by atomic mass is 10.1. The number of carboxylic acid groups (broad SMARTS) is 1. The molecular formula is C11H14N4O4. The third kappa shape index (κ3) is 2.48. The smallest absolute Gasteiger partial charge is 0.356 e. The highest BCUT2D eigenvalue weighted by Gasteiger charge is 2.29. The number of aromatic nitrogens is 4. The van der Waals surface area contributed by atoms with Crippen molar-refractivity contribution in [3.63, 3.8) is 0 Å². The fourth-order valence-corrected chi connectivity index (χ4v) is 1.61. The molecule has 0 aliphatic rings. The van der Waals surface area contributed by atoms with Gasteiger partial charge in [-0.25, -0.2) is 9.78 Å². The van der Waals surface area contributed by atoms with Crippen LogP contribution in [-0.4, -0.2) is 37.8 Å². The molecule has 2 N–H and O–H groups in total. The van der Waals surface area contributed by atoms with Gasteiger partial charge in [-0.2, -0.15) is 4.98 Å². The van der Waals surface area contributed by atoms with Gasteiger partial charge in [0.2, 0.25) is 5.82 Å². The van der Waals surface area contributed by atoms with E-state index in [1.165, 1.54) is 6.33 Å². The van der Waals surface area contributed by atoms with E-state index in [-0.39, 0.29) is 17.3 Å². The second-order valence-corrected chi connectivity index (χ2v) is 4.30. The van der Waals surface area contributed by atoms with E-state index in [4.69, 9.17) is 14.4 Å². The fourth-order valence-electron chi connectivity index (χ4n) is 1.61. The molecule has 0 unspecified atom stereocenters. The molecule has 102 valence electrons. The van der Waals surface area contributed by atoms with Crippen molar-refractivity contribution in [2.45, 2.75) is 26.4 Å². The Hall–Kier alpha value is -2.22. The highest BCUT2D eigenvalue weighted by molar-refractivity contribution is 5.91. The van der Waals surface area contributed by atoms with Crippen LogP contribution in [0, 0.1) is 0 Å². The minimum absolute atomic E-state index is 0.0673. The lowest BCUT2D eigenvalue weighted by Crippen LogP contribution is -2.23. The number of ether oxygens (including phenoxy) is 1. The number of imidazole rings is 1. The van der Waals surface area contributed by atoms with Gasteiger partial charge in [0.15, 0.2) is 5.69 Å². The van der Waals surface area contributed by atoms with Gasteiger partial charge in [-0.15, -0.1) is 0 Å². The molecule has 2 heterocycles. The van der Waals surface area contributed by atoms with Crippen LogP contribution in [-0.2, 0) is 10.3 Å². The van der Waals surface area contributed by atoms with Gasteiger partial charge < -0.3 is 19.4 Å². The van der Waals surface area contributed by atoms with E-state index in [0.29, 0.717) is 12.4 Å². The van der Waals surface area contributed by atoms with Gasteiger partial charge >= 0.3 is 5.97 Å². The number of carbonyl (C=O) groups is 1. The van der Waals surface area contributed by atoms with Crippen molar-refractivity contribution in [2.24, 2.45) is 0 Å². The molecule has 0 aromatic carbocycles. The van der Waals surface area contributed by atoms with Crippen molar-refractivity contribution in [1.82, 2.24) is 20.1 Å². The lowest BCUT2D eigenvalue weighted by molar-refractivity contribution is -0.0221. The molecule has 0 radical (unpaired) electrons. The van der Waals surface area contributed by atoms with Crippen molar-refractivity contribution < 1.29 is 19.2 Å². The summed E-state index contributed by atoms with van der Waals surface area (Å²) in [5, 5.41) is 12.8. The molecule has 19 heavy (non-hydrogen) atoms. The largest absolute Gasteiger partial charge is 0.476 e. The average Bonchev–Trinajstić information content (AvgIpc) is 2.97. The van der Waals surface area contributed by atoms with Crippen LogP contribution in [0.15, 0.2) is 10.9 Å². The van der Waals surface area contributed by atoms with E-state index >= 15 is 0 Å². The molecule has 0 saturated heterocycles. The fraction of sp³-hybridized carbons (Fsp3) is 0.455. The van der Waals surface area contributed by atoms with Gasteiger partial charge in [-0.1, -0.05) is 5.16 Å². The average molecular weight is 266 g/mol. The summed E-state index contributed by atoms with van der Waals surface area (Å²) in [4.78, 5) is 21.5. The maximum Gasteiger partial charge on any atom is 0.356 e. The van der Waals surface area contributed by atoms with Gasteiger partial charge in [0.1, 0.15) is 11.3 Å². The first-order valence-corrected chi connectivity index (χ1v) is 5.71. The van der Waals surface area contributed by atoms with Crippen LogP contribution in [0.25, 0.3) is 11.6 Å². The molecule has 8 nitrogen and oxygen atoms in total. The maximum absolute atomic E-state index is 11.0. The highest BCUT2D eigenvalue weighted by Crippen LogP contribution is 2.25. The van der Waals surface area contributed by atoms with Crippen LogP contribution < -0.4 is 0 Å². The molecule has 2 rings (SSSR count). The summed E-state index contributed by atoms with van der Waals surface area (Å²) in [6.07, 6.45) is 1.26. The van der Waals surface area contributed by atoms with E-state index in [1.54, 1.807) is 13.8 Å². The first kappa shape index (κ1) is 13.2. The summed E-state index contributed by atoms with van der Waals surface area (Å²) in [6.45, 7) is 5.97. The number of H-pyrrole nitrogens is 1. The minimum atomic E-state index is -1.17. The Morgan fingerprint density at radius 1 is 1.58 bits per heavy atom. The van der Waals surface area contributed by atoms with Crippen LogP contribution in [0.4, 0.5) is 0 Å². The molecular weight excluding hydrogens is 252 g/mol. The lowest BCUT2D eigenvalue weighted by Gasteiger charge is -2.19. The molecule has 0 spiro atoms. The Labute approximate surface area is 108 Å². The number of nitrogens with zero attached hydrogens (tertiary/aromatic N) is 3. The summed E-state index contributed by atoms with van der Waals surface area (Å²) >= 11 is 0. The van der Waals surface area contributed by atoms with E-state index in [2.05, 4.69) is 20.1 Å². The molecule has 0 fully saturated rings. The second-order valence-electron chi connectivity index (χ2n) is 4.30. The zero-order chi connectivity index (χ0) is 14.0. The van der Waals surface area contributed by atoms with E-state index in [9.17, 15) is 4.79 Å². The summed E-state index contributed by atoms with van der Waals surface area (Å²) in [5.41, 5.74) is -0.692. The standard InChI is InChI=1S/C11H14N4O4/c1-4-18-11(2,3)10-14-8(19-15-10)6-7(9(16)17)13-5-12-6/h5H,4H2,1-3H3,(H,12,13)(H,16,17). The minimum Gasteiger partial charge on any atom is -0.476 e. The summed E-state index contributed by atoms with van der Waals surface area (Å²) in [5.74, 6) is -0.756. The Bertz CT molecular complexity index is 587. The summed E-state index contributed by atoms with van der Waals surface area (Å²) in [6, 6.07) is 0. The van der Waals surface area contributed by atoms with Gasteiger partial charge in [0.25, 0.3) is 5.89 Å². The van der Waals surface area contributed by atoms with Gasteiger partial charge in [-0.3, -0.25) is 0 Å². The maximum atomic E-state index is 11.0. The Kier molecular flexibility index (Phi) is 3.34. The van der Waals surface area contributed by atoms with Crippen LogP contribution in [0.1, 0.15) is 37.1 Å². The molecule has 2 aromatic rings. The SMILES string of the molecule is CCOC(C)(C)c1noc(-c2[nH]cnc2C(=O)O)n1. The predicted molar refractivity (Wildman–Crippen MR) is 63.5 cm³/mol. The Balaban J connectivity index is 2.36. The van der Waals surface area contributed by atoms with Crippen molar-refractivity contribution in [2.75, 3.05) is 6.61 Å². The number of aromatic carboxylic acids is 1. The Morgan fingerprint density at radius 3 is 2.95 bits per heavy atom. The topological polar surface area (TPSA) is 114 Å². The zero-order valence-electron chi connectivity index (χ0n) is 10.8. The third-order valence-electron chi connectivity index (χ3n) is 2.53. The number of aromatic amines is 1. The molecule has 8 heteroatoms. The highest BCUT2D eigenvalue weighted by atomic mass is 16.5. The van der Waals surface area contributed by atoms with Crippen molar-refractivity contribution >= 4 is 5.97 Å². The van der Waals surface area contributed by atoms with Crippen molar-refractivity contribution in [1.29, 1.82) is 0 Å². The normalized spacial score (nSPS) is 11.7. The number of hydrogen-bond donors (Lipinski definition) is 2. The molecule has 0 bridgehead atoms. The molecule has 0 aliphatic heterocycles. The summed E-state index contributed by atoms with van der Waals surface area (Å²) < 4.78 is 10.6. The van der Waals surface area contributed by atoms with Crippen LogP contribution in [0.2, 0.25) is 0 Å². The van der Waals surface area contributed by atoms with Crippen LogP contribution in [0.5, 0.6) is 0 Å². The molecule has 0 aliphatic carbocycles. The molecule has 0 saturated carbocycles. The van der Waals surface area contributed by atoms with Crippen LogP contribution >= 0.6 is 0 Å². The Morgan fingerprint density at radius 2 is 2.32 bits per heavy atom. The first-order chi connectivity index (χ1) is 8.95. The molecule has 2 aromatic heterocycles. The third-order valence-corrected chi connectivity index (χ3v) is 2.53. The van der Waals surface area contributed by atoms with Gasteiger partial charge in [-0.05, 0) is 20.8 Å². The van der Waals surface area contributed by atoms with E-state index in [1.807, 2.05) is 6.92 Å². The van der Waals surface area contributed by atoms with E-state index in [0.717, 1.165) is 0 Å². The second kappa shape index (κ2) is 4.81. The van der Waals surface area contributed by atoms with Gasteiger partial charge in [0, 0.05) is 6.61 Å². The molecule has 0 atom stereocenters. The van der Waals surface area contributed by atoms with Crippen molar-refractivity contribution in [3.05, 3.63) is 17.8 Å². The summed E-state index contributed by atoms with van der Waals surface area (Å²) in [7, 11) is 0. The quantitative estimate of drug-likeness (QED) is 0.841. The van der Waals surface area contributed by atoms with Gasteiger partial charge in [0.05, 0.1) is 6.33 Å². The number of carboxylic acids is 1. The van der Waals surface area contributed by atoms with Crippen molar-refractivity contribution in [3.8, 4) is 11.6 Å². The number of rotatable bonds is 5. The molecule has 0 amide bonds. The predicted octanol–water partition coefficient (Wildman–Crippen LogP) is 1.43. The van der Waals surface area contributed by atoms with E-state index < -0.39 is 11.6 Å². The number of nitrogens with one attached hydrogen (secondary N) is 1. The first-order valence-electron chi connectivity index (χ1n) is 5.71. The number of hydrogen-bond acceptors (Lipinski definition) is 6.